The standard InChI is InChI=1S/C48H46O7/c1-47(2,37-25-21-35(22-26-37)45(49)50)43(31-33-13-11-19-41(29-33)53-39-15-7-5-8-16-39)55-44(48(3,4)38-27-23-36(24-28-38)46(51)52)32-34-14-12-20-42(30-34)54-40-17-9-6-10-18-40/h5-30,43-44H,31-32H2,1-4H3,(H,49,50)(H,51,52). The number of aromatic carboxylic acids is 2. The Labute approximate surface area is 322 Å². The van der Waals surface area contributed by atoms with E-state index in [-0.39, 0.29) is 11.1 Å². The number of hydrogen-bond acceptors (Lipinski definition) is 5. The molecule has 0 amide bonds. The van der Waals surface area contributed by atoms with Crippen molar-refractivity contribution in [3.8, 4) is 23.0 Å². The number of hydrogen-bond donors (Lipinski definition) is 2. The topological polar surface area (TPSA) is 102 Å². The van der Waals surface area contributed by atoms with Crippen molar-refractivity contribution < 1.29 is 34.0 Å². The van der Waals surface area contributed by atoms with Gasteiger partial charge in [0, 0.05) is 10.8 Å². The first-order valence-electron chi connectivity index (χ1n) is 18.4. The molecule has 0 saturated carbocycles. The number of carboxylic acids is 2. The van der Waals surface area contributed by atoms with Gasteiger partial charge in [0.2, 0.25) is 0 Å². The van der Waals surface area contributed by atoms with E-state index in [1.54, 1.807) is 24.3 Å². The second-order valence-corrected chi connectivity index (χ2v) is 14.9. The highest BCUT2D eigenvalue weighted by Gasteiger charge is 2.40. The van der Waals surface area contributed by atoms with Gasteiger partial charge >= 0.3 is 11.9 Å². The molecule has 2 unspecified atom stereocenters. The van der Waals surface area contributed by atoms with Crippen LogP contribution in [0.15, 0.2) is 158 Å². The van der Waals surface area contributed by atoms with Crippen molar-refractivity contribution in [3.05, 3.63) is 191 Å². The van der Waals surface area contributed by atoms with Gasteiger partial charge in [-0.1, -0.05) is 113 Å². The highest BCUT2D eigenvalue weighted by molar-refractivity contribution is 5.88. The van der Waals surface area contributed by atoms with Crippen molar-refractivity contribution in [2.24, 2.45) is 0 Å². The lowest BCUT2D eigenvalue weighted by atomic mass is 9.74. The Morgan fingerprint density at radius 2 is 0.818 bits per heavy atom. The molecule has 0 aliphatic heterocycles. The van der Waals surface area contributed by atoms with Crippen LogP contribution < -0.4 is 9.47 Å². The number of ether oxygens (including phenoxy) is 3. The Balaban J connectivity index is 1.40. The molecule has 0 bridgehead atoms. The van der Waals surface area contributed by atoms with Crippen LogP contribution in [0, 0.1) is 0 Å². The average molecular weight is 735 g/mol. The van der Waals surface area contributed by atoms with E-state index in [0.717, 1.165) is 33.8 Å². The van der Waals surface area contributed by atoms with Gasteiger partial charge < -0.3 is 24.4 Å². The van der Waals surface area contributed by atoms with Gasteiger partial charge in [0.05, 0.1) is 23.3 Å². The van der Waals surface area contributed by atoms with Gasteiger partial charge in [-0.2, -0.15) is 0 Å². The fraction of sp³-hybridized carbons (Fsp3) is 0.208. The smallest absolute Gasteiger partial charge is 0.335 e. The van der Waals surface area contributed by atoms with E-state index in [2.05, 4.69) is 39.8 Å². The molecule has 0 fully saturated rings. The summed E-state index contributed by atoms with van der Waals surface area (Å²) in [5, 5.41) is 19.3. The van der Waals surface area contributed by atoms with Crippen molar-refractivity contribution in [2.75, 3.05) is 0 Å². The highest BCUT2D eigenvalue weighted by Crippen LogP contribution is 2.39. The van der Waals surface area contributed by atoms with E-state index in [1.165, 1.54) is 0 Å². The average Bonchev–Trinajstić information content (AvgIpc) is 3.18. The van der Waals surface area contributed by atoms with Crippen molar-refractivity contribution >= 4 is 11.9 Å². The SMILES string of the molecule is CC(C)(c1ccc(C(=O)O)cc1)C(Cc1cccc(Oc2ccccc2)c1)OC(Cc1cccc(Oc2ccccc2)c1)C(C)(C)c1ccc(C(=O)O)cc1. The minimum atomic E-state index is -0.985. The number of para-hydroxylation sites is 2. The van der Waals surface area contributed by atoms with Gasteiger partial charge in [0.25, 0.3) is 0 Å². The van der Waals surface area contributed by atoms with Crippen LogP contribution in [-0.4, -0.2) is 34.4 Å². The van der Waals surface area contributed by atoms with Crippen LogP contribution in [0.25, 0.3) is 0 Å². The second-order valence-electron chi connectivity index (χ2n) is 14.9. The normalized spacial score (nSPS) is 12.7. The molecule has 0 radical (unpaired) electrons. The molecule has 7 nitrogen and oxygen atoms in total. The van der Waals surface area contributed by atoms with Crippen molar-refractivity contribution in [1.82, 2.24) is 0 Å². The molecule has 0 aromatic heterocycles. The van der Waals surface area contributed by atoms with E-state index in [4.69, 9.17) is 14.2 Å². The largest absolute Gasteiger partial charge is 0.478 e. The molecule has 55 heavy (non-hydrogen) atoms. The molecule has 0 aliphatic carbocycles. The Morgan fingerprint density at radius 1 is 0.473 bits per heavy atom. The third-order valence-corrected chi connectivity index (χ3v) is 10.3. The Morgan fingerprint density at radius 3 is 1.16 bits per heavy atom. The zero-order valence-electron chi connectivity index (χ0n) is 31.5. The van der Waals surface area contributed by atoms with Crippen molar-refractivity contribution in [3.63, 3.8) is 0 Å². The minimum absolute atomic E-state index is 0.212. The molecule has 6 aromatic rings. The van der Waals surface area contributed by atoms with E-state index >= 15 is 0 Å². The monoisotopic (exact) mass is 734 g/mol. The van der Waals surface area contributed by atoms with Crippen LogP contribution in [0.3, 0.4) is 0 Å². The predicted molar refractivity (Wildman–Crippen MR) is 215 cm³/mol. The van der Waals surface area contributed by atoms with E-state index in [1.807, 2.05) is 121 Å². The van der Waals surface area contributed by atoms with Crippen LogP contribution in [0.2, 0.25) is 0 Å². The molecule has 7 heteroatoms. The van der Waals surface area contributed by atoms with Crippen LogP contribution >= 0.6 is 0 Å². The van der Waals surface area contributed by atoms with Gasteiger partial charge in [-0.25, -0.2) is 9.59 Å². The summed E-state index contributed by atoms with van der Waals surface area (Å²) in [7, 11) is 0. The molecule has 6 rings (SSSR count). The summed E-state index contributed by atoms with van der Waals surface area (Å²) in [4.78, 5) is 23.5. The number of rotatable bonds is 16. The molecule has 280 valence electrons. The number of benzene rings is 6. The molecule has 0 heterocycles. The van der Waals surface area contributed by atoms with Crippen LogP contribution in [0.4, 0.5) is 0 Å². The molecule has 0 aliphatic rings. The maximum Gasteiger partial charge on any atom is 0.335 e. The summed E-state index contributed by atoms with van der Waals surface area (Å²) >= 11 is 0. The van der Waals surface area contributed by atoms with E-state index in [9.17, 15) is 19.8 Å². The summed E-state index contributed by atoms with van der Waals surface area (Å²) in [6.45, 7) is 8.49. The fourth-order valence-corrected chi connectivity index (χ4v) is 6.75. The first-order chi connectivity index (χ1) is 26.4. The first kappa shape index (κ1) is 38.5. The molecule has 0 spiro atoms. The van der Waals surface area contributed by atoms with Crippen LogP contribution in [-0.2, 0) is 28.4 Å². The summed E-state index contributed by atoms with van der Waals surface area (Å²) in [6.07, 6.45) is 0.200. The van der Waals surface area contributed by atoms with Gasteiger partial charge in [0.1, 0.15) is 23.0 Å². The highest BCUT2D eigenvalue weighted by atomic mass is 16.5. The maximum atomic E-state index is 11.8. The summed E-state index contributed by atoms with van der Waals surface area (Å²) < 4.78 is 19.9. The van der Waals surface area contributed by atoms with E-state index in [0.29, 0.717) is 24.3 Å². The summed E-state index contributed by atoms with van der Waals surface area (Å²) in [5.74, 6) is 0.914. The van der Waals surface area contributed by atoms with Gasteiger partial charge in [0.15, 0.2) is 0 Å². The zero-order chi connectivity index (χ0) is 39.0. The van der Waals surface area contributed by atoms with Crippen LogP contribution in [0.5, 0.6) is 23.0 Å². The first-order valence-corrected chi connectivity index (χ1v) is 18.4. The lowest BCUT2D eigenvalue weighted by Crippen LogP contribution is -2.46. The quantitative estimate of drug-likeness (QED) is 0.102. The molecule has 2 N–H and O–H groups in total. The second kappa shape index (κ2) is 16.9. The summed E-state index contributed by atoms with van der Waals surface area (Å²) in [5.41, 5.74) is 3.09. The van der Waals surface area contributed by atoms with E-state index < -0.39 is 35.0 Å². The van der Waals surface area contributed by atoms with Crippen molar-refractivity contribution in [2.45, 2.75) is 63.6 Å². The van der Waals surface area contributed by atoms with Gasteiger partial charge in [-0.05, 0) is 108 Å². The molecule has 2 atom stereocenters. The third-order valence-electron chi connectivity index (χ3n) is 10.3. The number of carboxylic acid groups (broad SMARTS) is 2. The van der Waals surface area contributed by atoms with Gasteiger partial charge in [-0.3, -0.25) is 0 Å². The summed E-state index contributed by atoms with van der Waals surface area (Å²) in [6, 6.07) is 49.3. The molecule has 0 saturated heterocycles. The third kappa shape index (κ3) is 9.68. The lowest BCUT2D eigenvalue weighted by Gasteiger charge is -2.43. The lowest BCUT2D eigenvalue weighted by molar-refractivity contribution is -0.0753. The Bertz CT molecular complexity index is 2030. The van der Waals surface area contributed by atoms with Crippen molar-refractivity contribution in [1.29, 1.82) is 0 Å². The molecular formula is C48H46O7. The Kier molecular flexibility index (Phi) is 11.8. The minimum Gasteiger partial charge on any atom is -0.478 e. The molecule has 6 aromatic carbocycles. The maximum absolute atomic E-state index is 11.8. The van der Waals surface area contributed by atoms with Crippen LogP contribution in [0.1, 0.15) is 70.7 Å². The number of carbonyl (C=O) groups is 2. The zero-order valence-corrected chi connectivity index (χ0v) is 31.5. The van der Waals surface area contributed by atoms with Gasteiger partial charge in [-0.15, -0.1) is 0 Å². The molecular weight excluding hydrogens is 689 g/mol. The predicted octanol–water partition coefficient (Wildman–Crippen LogP) is 11.2. The fourth-order valence-electron chi connectivity index (χ4n) is 6.75. The Hall–Kier alpha value is -6.18.